The first-order chi connectivity index (χ1) is 12.6. The molecule has 0 aromatic rings. The second kappa shape index (κ2) is 10.5. The summed E-state index contributed by atoms with van der Waals surface area (Å²) >= 11 is 0. The standard InChI is InChI=1S/C14H25N3O10/c18-2-1-5(14(26)27)17-10-12(24)8(15-3-6(19)20)11(23)9(13(10)25)16-4-7(21)22/h5,8-13,15-18,23-25H,1-4H2,(H,19,20)(H,21,22)(H,26,27)/t5?,8-,9+,10?,11?,12-,13+. The number of hydrogen-bond donors (Lipinski definition) is 10. The van der Waals surface area contributed by atoms with Crippen molar-refractivity contribution in [3.8, 4) is 0 Å². The summed E-state index contributed by atoms with van der Waals surface area (Å²) in [6.07, 6.45) is -5.04. The molecule has 0 heterocycles. The number of aliphatic hydroxyl groups is 4. The van der Waals surface area contributed by atoms with Crippen molar-refractivity contribution in [1.82, 2.24) is 16.0 Å². The predicted octanol–water partition coefficient (Wildman–Crippen LogP) is -5.04. The maximum Gasteiger partial charge on any atom is 0.320 e. The van der Waals surface area contributed by atoms with E-state index in [1.54, 1.807) is 0 Å². The van der Waals surface area contributed by atoms with Crippen LogP contribution in [-0.4, -0.2) is 116 Å². The molecule has 1 rings (SSSR count). The van der Waals surface area contributed by atoms with Gasteiger partial charge in [0.1, 0.15) is 6.04 Å². The van der Waals surface area contributed by atoms with E-state index in [0.717, 1.165) is 0 Å². The Morgan fingerprint density at radius 2 is 1.19 bits per heavy atom. The van der Waals surface area contributed by atoms with Crippen LogP contribution in [-0.2, 0) is 14.4 Å². The summed E-state index contributed by atoms with van der Waals surface area (Å²) in [4.78, 5) is 32.8. The fraction of sp³-hybridized carbons (Fsp3) is 0.786. The van der Waals surface area contributed by atoms with Gasteiger partial charge >= 0.3 is 17.9 Å². The number of rotatable bonds is 11. The van der Waals surface area contributed by atoms with Crippen molar-refractivity contribution < 1.29 is 50.1 Å². The summed E-state index contributed by atoms with van der Waals surface area (Å²) in [6, 6.07) is -5.33. The smallest absolute Gasteiger partial charge is 0.320 e. The second-order valence-electron chi connectivity index (χ2n) is 6.17. The van der Waals surface area contributed by atoms with Crippen molar-refractivity contribution in [3.63, 3.8) is 0 Å². The summed E-state index contributed by atoms with van der Waals surface area (Å²) in [5, 5.41) is 74.1. The predicted molar refractivity (Wildman–Crippen MR) is 86.9 cm³/mol. The van der Waals surface area contributed by atoms with Crippen LogP contribution in [0.2, 0.25) is 0 Å². The highest BCUT2D eigenvalue weighted by molar-refractivity contribution is 5.73. The van der Waals surface area contributed by atoms with Gasteiger partial charge in [0.25, 0.3) is 0 Å². The molecule has 0 aromatic carbocycles. The third-order valence-corrected chi connectivity index (χ3v) is 4.30. The minimum Gasteiger partial charge on any atom is -0.480 e. The summed E-state index contributed by atoms with van der Waals surface area (Å²) < 4.78 is 0. The zero-order valence-electron chi connectivity index (χ0n) is 14.2. The van der Waals surface area contributed by atoms with Gasteiger partial charge in [0.2, 0.25) is 0 Å². The van der Waals surface area contributed by atoms with E-state index in [4.69, 9.17) is 15.3 Å². The van der Waals surface area contributed by atoms with Crippen LogP contribution in [0.3, 0.4) is 0 Å². The van der Waals surface area contributed by atoms with E-state index in [1.165, 1.54) is 0 Å². The molecule has 27 heavy (non-hydrogen) atoms. The Hall–Kier alpha value is -1.87. The van der Waals surface area contributed by atoms with E-state index in [-0.39, 0.29) is 6.42 Å². The highest BCUT2D eigenvalue weighted by Crippen LogP contribution is 2.22. The van der Waals surface area contributed by atoms with Gasteiger partial charge < -0.3 is 35.7 Å². The highest BCUT2D eigenvalue weighted by Gasteiger charge is 2.50. The first-order valence-corrected chi connectivity index (χ1v) is 8.14. The average Bonchev–Trinajstić information content (AvgIpc) is 2.56. The van der Waals surface area contributed by atoms with Gasteiger partial charge in [-0.1, -0.05) is 0 Å². The van der Waals surface area contributed by atoms with Gasteiger partial charge in [-0.3, -0.25) is 30.3 Å². The molecule has 10 N–H and O–H groups in total. The zero-order valence-corrected chi connectivity index (χ0v) is 14.2. The molecule has 7 atom stereocenters. The van der Waals surface area contributed by atoms with Crippen molar-refractivity contribution in [2.75, 3.05) is 19.7 Å². The van der Waals surface area contributed by atoms with Crippen molar-refractivity contribution in [2.45, 2.75) is 48.9 Å². The lowest BCUT2D eigenvalue weighted by Crippen LogP contribution is -2.75. The van der Waals surface area contributed by atoms with E-state index < -0.39 is 80.1 Å². The van der Waals surface area contributed by atoms with Crippen molar-refractivity contribution in [3.05, 3.63) is 0 Å². The van der Waals surface area contributed by atoms with Crippen molar-refractivity contribution in [2.24, 2.45) is 0 Å². The molecular weight excluding hydrogens is 370 g/mol. The molecule has 1 fully saturated rings. The molecule has 0 aliphatic heterocycles. The molecule has 0 saturated heterocycles. The zero-order chi connectivity index (χ0) is 20.7. The Morgan fingerprint density at radius 3 is 1.52 bits per heavy atom. The number of aliphatic hydroxyl groups excluding tert-OH is 4. The molecule has 1 aliphatic carbocycles. The molecule has 0 aromatic heterocycles. The lowest BCUT2D eigenvalue weighted by Gasteiger charge is -2.47. The highest BCUT2D eigenvalue weighted by atomic mass is 16.4. The van der Waals surface area contributed by atoms with Crippen LogP contribution in [0.15, 0.2) is 0 Å². The largest absolute Gasteiger partial charge is 0.480 e. The summed E-state index contributed by atoms with van der Waals surface area (Å²) in [6.45, 7) is -1.79. The van der Waals surface area contributed by atoms with Crippen LogP contribution in [0.25, 0.3) is 0 Å². The van der Waals surface area contributed by atoms with E-state index in [9.17, 15) is 34.8 Å². The van der Waals surface area contributed by atoms with Gasteiger partial charge in [0.05, 0.1) is 49.5 Å². The van der Waals surface area contributed by atoms with Crippen LogP contribution in [0.1, 0.15) is 6.42 Å². The third kappa shape index (κ3) is 6.35. The number of carbonyl (C=O) groups is 3. The Labute approximate surface area is 153 Å². The van der Waals surface area contributed by atoms with Crippen molar-refractivity contribution in [1.29, 1.82) is 0 Å². The molecule has 13 nitrogen and oxygen atoms in total. The fourth-order valence-corrected chi connectivity index (χ4v) is 3.01. The lowest BCUT2D eigenvalue weighted by molar-refractivity contribution is -0.142. The molecule has 0 radical (unpaired) electrons. The Kier molecular flexibility index (Phi) is 8.98. The SMILES string of the molecule is O=C(O)CN[C@@H]1C(O)[C@H](NCC(=O)O)[C@H](O)C(NC(CCO)C(=O)O)[C@@H]1O. The van der Waals surface area contributed by atoms with Gasteiger partial charge in [0.15, 0.2) is 0 Å². The number of nitrogens with one attached hydrogen (secondary N) is 3. The minimum absolute atomic E-state index is 0.242. The molecule has 3 unspecified atom stereocenters. The first kappa shape index (κ1) is 23.2. The molecule has 1 aliphatic rings. The maximum absolute atomic E-state index is 11.3. The number of carboxylic acid groups (broad SMARTS) is 3. The van der Waals surface area contributed by atoms with Gasteiger partial charge in [-0.05, 0) is 6.42 Å². The van der Waals surface area contributed by atoms with Gasteiger partial charge in [-0.25, -0.2) is 0 Å². The van der Waals surface area contributed by atoms with Crippen LogP contribution in [0, 0.1) is 0 Å². The molecule has 13 heteroatoms. The van der Waals surface area contributed by atoms with E-state index in [0.29, 0.717) is 0 Å². The van der Waals surface area contributed by atoms with Crippen LogP contribution >= 0.6 is 0 Å². The quantitative estimate of drug-likeness (QED) is 0.158. The average molecular weight is 395 g/mol. The second-order valence-corrected chi connectivity index (χ2v) is 6.17. The Morgan fingerprint density at radius 1 is 0.778 bits per heavy atom. The maximum atomic E-state index is 11.3. The lowest BCUT2D eigenvalue weighted by atomic mass is 9.79. The van der Waals surface area contributed by atoms with E-state index in [2.05, 4.69) is 16.0 Å². The molecular formula is C14H25N3O10. The van der Waals surface area contributed by atoms with Crippen LogP contribution in [0.4, 0.5) is 0 Å². The first-order valence-electron chi connectivity index (χ1n) is 8.14. The van der Waals surface area contributed by atoms with Gasteiger partial charge in [-0.15, -0.1) is 0 Å². The third-order valence-electron chi connectivity index (χ3n) is 4.30. The van der Waals surface area contributed by atoms with Gasteiger partial charge in [-0.2, -0.15) is 0 Å². The summed E-state index contributed by atoms with van der Waals surface area (Å²) in [7, 11) is 0. The topological polar surface area (TPSA) is 229 Å². The monoisotopic (exact) mass is 395 g/mol. The van der Waals surface area contributed by atoms with Crippen LogP contribution < -0.4 is 16.0 Å². The molecule has 0 bridgehead atoms. The molecule has 0 amide bonds. The Bertz CT molecular complexity index is 501. The number of aliphatic carboxylic acids is 3. The summed E-state index contributed by atoms with van der Waals surface area (Å²) in [5.74, 6) is -3.94. The van der Waals surface area contributed by atoms with Gasteiger partial charge in [0, 0.05) is 6.61 Å². The summed E-state index contributed by atoms with van der Waals surface area (Å²) in [5.41, 5.74) is 0. The minimum atomic E-state index is -1.61. The van der Waals surface area contributed by atoms with E-state index >= 15 is 0 Å². The normalized spacial score (nSPS) is 32.0. The molecule has 156 valence electrons. The number of hydrogen-bond acceptors (Lipinski definition) is 10. The molecule has 1 saturated carbocycles. The number of carboxylic acids is 3. The van der Waals surface area contributed by atoms with Crippen LogP contribution in [0.5, 0.6) is 0 Å². The fourth-order valence-electron chi connectivity index (χ4n) is 3.01. The van der Waals surface area contributed by atoms with E-state index in [1.807, 2.05) is 0 Å². The van der Waals surface area contributed by atoms with Crippen molar-refractivity contribution >= 4 is 17.9 Å². The molecule has 0 spiro atoms. The Balaban J connectivity index is 3.07.